The van der Waals surface area contributed by atoms with Crippen molar-refractivity contribution < 1.29 is 0 Å². The second kappa shape index (κ2) is 10.3. The van der Waals surface area contributed by atoms with Crippen molar-refractivity contribution in [1.29, 1.82) is 0 Å². The Kier molecular flexibility index (Phi) is 8.99. The van der Waals surface area contributed by atoms with E-state index in [9.17, 15) is 0 Å². The van der Waals surface area contributed by atoms with Crippen molar-refractivity contribution in [2.24, 2.45) is 0 Å². The first kappa shape index (κ1) is 17.5. The van der Waals surface area contributed by atoms with Crippen molar-refractivity contribution in [2.75, 3.05) is 31.9 Å². The second-order valence-corrected chi connectivity index (χ2v) is 6.53. The van der Waals surface area contributed by atoms with Gasteiger partial charge in [-0.25, -0.2) is 0 Å². The summed E-state index contributed by atoms with van der Waals surface area (Å²) in [6.07, 6.45) is 0. The fraction of sp³-hybridized carbons (Fsp3) is 0.647. The highest BCUT2D eigenvalue weighted by Gasteiger charge is 2.18. The molecule has 20 heavy (non-hydrogen) atoms. The standard InChI is InChI=1S/C17H30N2S/c1-5-18-17(16-11-9-8-10-12-16)15(4)20-14-13-19(6-2)7-3/h8-12,15,17-18H,5-7,13-14H2,1-4H3. The lowest BCUT2D eigenvalue weighted by atomic mass is 10.0. The van der Waals surface area contributed by atoms with Crippen molar-refractivity contribution in [3.8, 4) is 0 Å². The molecule has 1 aromatic rings. The average Bonchev–Trinajstić information content (AvgIpc) is 2.50. The molecule has 2 unspecified atom stereocenters. The summed E-state index contributed by atoms with van der Waals surface area (Å²) >= 11 is 2.07. The minimum absolute atomic E-state index is 0.447. The molecule has 0 aliphatic rings. The van der Waals surface area contributed by atoms with Crippen LogP contribution in [0.2, 0.25) is 0 Å². The number of benzene rings is 1. The Labute approximate surface area is 129 Å². The molecule has 0 aliphatic carbocycles. The molecule has 0 radical (unpaired) electrons. The lowest BCUT2D eigenvalue weighted by molar-refractivity contribution is 0.323. The van der Waals surface area contributed by atoms with Gasteiger partial charge >= 0.3 is 0 Å². The maximum atomic E-state index is 3.63. The van der Waals surface area contributed by atoms with Gasteiger partial charge in [-0.3, -0.25) is 0 Å². The van der Waals surface area contributed by atoms with Gasteiger partial charge in [-0.15, -0.1) is 0 Å². The van der Waals surface area contributed by atoms with Crippen LogP contribution in [0.1, 0.15) is 39.3 Å². The van der Waals surface area contributed by atoms with Crippen LogP contribution in [0.25, 0.3) is 0 Å². The summed E-state index contributed by atoms with van der Waals surface area (Å²) in [6, 6.07) is 11.3. The lowest BCUT2D eigenvalue weighted by Gasteiger charge is -2.26. The first-order valence-electron chi connectivity index (χ1n) is 7.85. The van der Waals surface area contributed by atoms with Gasteiger partial charge in [0.05, 0.1) is 0 Å². The number of nitrogens with one attached hydrogen (secondary N) is 1. The van der Waals surface area contributed by atoms with Crippen molar-refractivity contribution in [3.63, 3.8) is 0 Å². The molecule has 0 bridgehead atoms. The van der Waals surface area contributed by atoms with E-state index >= 15 is 0 Å². The quantitative estimate of drug-likeness (QED) is 0.706. The van der Waals surface area contributed by atoms with Gasteiger partial charge in [-0.1, -0.05) is 58.0 Å². The Hall–Kier alpha value is -0.510. The molecule has 0 fully saturated rings. The first-order chi connectivity index (χ1) is 9.72. The summed E-state index contributed by atoms with van der Waals surface area (Å²) in [5.41, 5.74) is 1.40. The minimum Gasteiger partial charge on any atom is -0.309 e. The molecule has 0 amide bonds. The Bertz CT molecular complexity index is 338. The summed E-state index contributed by atoms with van der Waals surface area (Å²) in [4.78, 5) is 2.49. The summed E-state index contributed by atoms with van der Waals surface area (Å²) in [5, 5.41) is 4.22. The maximum absolute atomic E-state index is 3.63. The SMILES string of the molecule is CCNC(c1ccccc1)C(C)SCCN(CC)CC. The molecule has 3 heteroatoms. The van der Waals surface area contributed by atoms with Crippen LogP contribution >= 0.6 is 11.8 Å². The van der Waals surface area contributed by atoms with Gasteiger partial charge in [-0.2, -0.15) is 11.8 Å². The number of thioether (sulfide) groups is 1. The average molecular weight is 295 g/mol. The van der Waals surface area contributed by atoms with Crippen LogP contribution in [0.4, 0.5) is 0 Å². The number of hydrogen-bond acceptors (Lipinski definition) is 3. The normalized spacial score (nSPS) is 14.4. The predicted molar refractivity (Wildman–Crippen MR) is 92.6 cm³/mol. The van der Waals surface area contributed by atoms with Gasteiger partial charge in [-0.05, 0) is 25.2 Å². The first-order valence-corrected chi connectivity index (χ1v) is 8.90. The van der Waals surface area contributed by atoms with Gasteiger partial charge < -0.3 is 10.2 Å². The van der Waals surface area contributed by atoms with Gasteiger partial charge in [0, 0.05) is 23.6 Å². The van der Waals surface area contributed by atoms with E-state index in [1.54, 1.807) is 0 Å². The zero-order valence-electron chi connectivity index (χ0n) is 13.4. The van der Waals surface area contributed by atoms with E-state index in [1.807, 2.05) is 0 Å². The molecule has 0 saturated heterocycles. The van der Waals surface area contributed by atoms with Crippen LogP contribution < -0.4 is 5.32 Å². The third-order valence-corrected chi connectivity index (χ3v) is 4.95. The summed E-state index contributed by atoms with van der Waals surface area (Å²) in [6.45, 7) is 13.5. The molecule has 0 saturated carbocycles. The molecule has 2 nitrogen and oxygen atoms in total. The van der Waals surface area contributed by atoms with Gasteiger partial charge in [0.2, 0.25) is 0 Å². The number of nitrogens with zero attached hydrogens (tertiary/aromatic N) is 1. The Morgan fingerprint density at radius 3 is 2.30 bits per heavy atom. The zero-order chi connectivity index (χ0) is 14.8. The van der Waals surface area contributed by atoms with E-state index in [0.29, 0.717) is 11.3 Å². The molecule has 0 heterocycles. The lowest BCUT2D eigenvalue weighted by Crippen LogP contribution is -2.30. The van der Waals surface area contributed by atoms with Gasteiger partial charge in [0.15, 0.2) is 0 Å². The maximum Gasteiger partial charge on any atom is 0.0437 e. The van der Waals surface area contributed by atoms with Crippen molar-refractivity contribution >= 4 is 11.8 Å². The van der Waals surface area contributed by atoms with E-state index in [-0.39, 0.29) is 0 Å². The summed E-state index contributed by atoms with van der Waals surface area (Å²) in [7, 11) is 0. The van der Waals surface area contributed by atoms with E-state index in [0.717, 1.165) is 19.6 Å². The highest BCUT2D eigenvalue weighted by Crippen LogP contribution is 2.26. The molecule has 0 aromatic heterocycles. The second-order valence-electron chi connectivity index (χ2n) is 5.05. The van der Waals surface area contributed by atoms with Crippen LogP contribution in [0.3, 0.4) is 0 Å². The smallest absolute Gasteiger partial charge is 0.0437 e. The third-order valence-electron chi connectivity index (χ3n) is 3.73. The number of hydrogen-bond donors (Lipinski definition) is 1. The van der Waals surface area contributed by atoms with Gasteiger partial charge in [0.1, 0.15) is 0 Å². The van der Waals surface area contributed by atoms with E-state index in [1.165, 1.54) is 17.9 Å². The predicted octanol–water partition coefficient (Wildman–Crippen LogP) is 3.80. The van der Waals surface area contributed by atoms with E-state index in [4.69, 9.17) is 0 Å². The Balaban J connectivity index is 2.50. The van der Waals surface area contributed by atoms with Crippen LogP contribution in [-0.2, 0) is 0 Å². The fourth-order valence-electron chi connectivity index (χ4n) is 2.44. The number of rotatable bonds is 10. The van der Waals surface area contributed by atoms with Crippen LogP contribution in [0.15, 0.2) is 30.3 Å². The molecule has 1 aromatic carbocycles. The molecule has 114 valence electrons. The third kappa shape index (κ3) is 5.86. The van der Waals surface area contributed by atoms with Crippen molar-refractivity contribution in [1.82, 2.24) is 10.2 Å². The largest absolute Gasteiger partial charge is 0.309 e. The highest BCUT2D eigenvalue weighted by molar-refractivity contribution is 7.99. The summed E-state index contributed by atoms with van der Waals surface area (Å²) in [5.74, 6) is 1.21. The topological polar surface area (TPSA) is 15.3 Å². The molecule has 1 rings (SSSR count). The van der Waals surface area contributed by atoms with E-state index < -0.39 is 0 Å². The monoisotopic (exact) mass is 294 g/mol. The molecular weight excluding hydrogens is 264 g/mol. The van der Waals surface area contributed by atoms with Crippen LogP contribution in [0, 0.1) is 0 Å². The molecule has 0 aliphatic heterocycles. The van der Waals surface area contributed by atoms with Crippen molar-refractivity contribution in [3.05, 3.63) is 35.9 Å². The molecule has 0 spiro atoms. The molecule has 1 N–H and O–H groups in total. The Morgan fingerprint density at radius 2 is 1.75 bits per heavy atom. The molecular formula is C17H30N2S. The van der Waals surface area contributed by atoms with E-state index in [2.05, 4.69) is 80.0 Å². The highest BCUT2D eigenvalue weighted by atomic mass is 32.2. The molecule has 2 atom stereocenters. The van der Waals surface area contributed by atoms with Gasteiger partial charge in [0.25, 0.3) is 0 Å². The zero-order valence-corrected chi connectivity index (χ0v) is 14.2. The van der Waals surface area contributed by atoms with Crippen LogP contribution in [0.5, 0.6) is 0 Å². The Morgan fingerprint density at radius 1 is 1.10 bits per heavy atom. The van der Waals surface area contributed by atoms with Crippen molar-refractivity contribution in [2.45, 2.75) is 39.0 Å². The summed E-state index contributed by atoms with van der Waals surface area (Å²) < 4.78 is 0. The van der Waals surface area contributed by atoms with Crippen LogP contribution in [-0.4, -0.2) is 42.1 Å². The minimum atomic E-state index is 0.447. The fourth-order valence-corrected chi connectivity index (χ4v) is 3.62.